The van der Waals surface area contributed by atoms with Gasteiger partial charge in [0, 0.05) is 17.2 Å². The van der Waals surface area contributed by atoms with Gasteiger partial charge in [0.2, 0.25) is 0 Å². The molecule has 148 valence electrons. The van der Waals surface area contributed by atoms with Crippen LogP contribution in [0.1, 0.15) is 0 Å². The summed E-state index contributed by atoms with van der Waals surface area (Å²) in [5, 5.41) is 6.41. The summed E-state index contributed by atoms with van der Waals surface area (Å²) in [6.07, 6.45) is 0. The smallest absolute Gasteiger partial charge is 0.186 e. The Kier molecular flexibility index (Phi) is 3.32. The Morgan fingerprint density at radius 1 is 0.581 bits per heavy atom. The fourth-order valence-corrected chi connectivity index (χ4v) is 8.53. The minimum Gasteiger partial charge on any atom is -0.456 e. The average Bonchev–Trinajstić information content (AvgIpc) is 2.78. The molecule has 2 heterocycles. The molecular formula is C26H14ClO3P. The largest absolute Gasteiger partial charge is 0.456 e. The third-order valence-corrected chi connectivity index (χ3v) is 9.59. The summed E-state index contributed by atoms with van der Waals surface area (Å²) in [7, 11) is -3.33. The van der Waals surface area contributed by atoms with Gasteiger partial charge in [0.05, 0.1) is 10.6 Å². The lowest BCUT2D eigenvalue weighted by molar-refractivity contribution is 0.462. The summed E-state index contributed by atoms with van der Waals surface area (Å²) >= 11 is 6.37. The summed E-state index contributed by atoms with van der Waals surface area (Å²) in [5.41, 5.74) is 0. The van der Waals surface area contributed by atoms with Crippen molar-refractivity contribution < 1.29 is 14.0 Å². The van der Waals surface area contributed by atoms with Crippen LogP contribution in [-0.2, 0) is 4.57 Å². The van der Waals surface area contributed by atoms with E-state index in [2.05, 4.69) is 0 Å². The molecule has 3 nitrogen and oxygen atoms in total. The fraction of sp³-hybridized carbons (Fsp3) is 0. The highest BCUT2D eigenvalue weighted by molar-refractivity contribution is 7.87. The van der Waals surface area contributed by atoms with Crippen LogP contribution in [0.15, 0.2) is 84.9 Å². The molecule has 5 heteroatoms. The van der Waals surface area contributed by atoms with E-state index in [1.165, 1.54) is 0 Å². The van der Waals surface area contributed by atoms with E-state index < -0.39 is 7.14 Å². The van der Waals surface area contributed by atoms with Crippen molar-refractivity contribution in [1.29, 1.82) is 0 Å². The first-order valence-corrected chi connectivity index (χ1v) is 12.1. The minimum absolute atomic E-state index is 0.480. The SMILES string of the molecule is O=P12c3c(cc(Cl)cc3Oc3ccc4ccccc4c31)Oc1ccc3ccccc3c12. The van der Waals surface area contributed by atoms with Crippen molar-refractivity contribution in [3.63, 3.8) is 0 Å². The van der Waals surface area contributed by atoms with Crippen LogP contribution in [0.5, 0.6) is 23.0 Å². The molecule has 0 amide bonds. The van der Waals surface area contributed by atoms with E-state index in [0.29, 0.717) is 33.3 Å². The maximum atomic E-state index is 15.5. The van der Waals surface area contributed by atoms with E-state index in [1.54, 1.807) is 12.1 Å². The molecule has 0 saturated carbocycles. The Labute approximate surface area is 183 Å². The zero-order chi connectivity index (χ0) is 20.7. The van der Waals surface area contributed by atoms with E-state index in [-0.39, 0.29) is 0 Å². The standard InChI is InChI=1S/C26H14ClO3P/c27-17-13-22-26-23(14-17)30-21-12-10-16-6-2-4-8-19(16)25(21)31(26,28)24-18-7-3-1-5-15(18)9-11-20(24)29-22/h1-14H. The van der Waals surface area contributed by atoms with E-state index >= 15 is 4.57 Å². The molecule has 2 aliphatic heterocycles. The third kappa shape index (κ3) is 2.18. The van der Waals surface area contributed by atoms with Crippen LogP contribution in [-0.4, -0.2) is 0 Å². The quantitative estimate of drug-likeness (QED) is 0.253. The molecule has 0 fully saturated rings. The van der Waals surface area contributed by atoms with Gasteiger partial charge in [-0.15, -0.1) is 0 Å². The number of hydrogen-bond donors (Lipinski definition) is 0. The van der Waals surface area contributed by atoms with Crippen LogP contribution in [0.4, 0.5) is 0 Å². The predicted molar refractivity (Wildman–Crippen MR) is 126 cm³/mol. The summed E-state index contributed by atoms with van der Waals surface area (Å²) in [4.78, 5) is 0. The van der Waals surface area contributed by atoms with Gasteiger partial charge in [-0.05, 0) is 33.7 Å². The molecule has 31 heavy (non-hydrogen) atoms. The van der Waals surface area contributed by atoms with E-state index in [4.69, 9.17) is 21.1 Å². The lowest BCUT2D eigenvalue weighted by Crippen LogP contribution is -2.35. The highest BCUT2D eigenvalue weighted by atomic mass is 35.5. The Balaban J connectivity index is 1.74. The number of halogens is 1. The molecule has 2 aliphatic rings. The number of ether oxygens (including phenoxy) is 2. The first-order chi connectivity index (χ1) is 15.1. The van der Waals surface area contributed by atoms with Crippen LogP contribution in [0.2, 0.25) is 5.02 Å². The summed E-state index contributed by atoms with van der Waals surface area (Å²) in [6.45, 7) is 0. The van der Waals surface area contributed by atoms with Gasteiger partial charge in [0.15, 0.2) is 7.14 Å². The van der Waals surface area contributed by atoms with Crippen molar-refractivity contribution in [2.24, 2.45) is 0 Å². The molecule has 0 aromatic heterocycles. The lowest BCUT2D eigenvalue weighted by atomic mass is 10.1. The molecule has 0 bridgehead atoms. The van der Waals surface area contributed by atoms with Crippen LogP contribution < -0.4 is 25.4 Å². The van der Waals surface area contributed by atoms with Crippen molar-refractivity contribution in [2.75, 3.05) is 0 Å². The fourth-order valence-electron chi connectivity index (χ4n) is 4.87. The normalized spacial score (nSPS) is 14.9. The van der Waals surface area contributed by atoms with Gasteiger partial charge in [-0.2, -0.15) is 0 Å². The number of rotatable bonds is 0. The Morgan fingerprint density at radius 3 is 1.58 bits per heavy atom. The van der Waals surface area contributed by atoms with Gasteiger partial charge in [-0.1, -0.05) is 72.3 Å². The summed E-state index contributed by atoms with van der Waals surface area (Å²) in [6, 6.07) is 27.3. The molecule has 0 aliphatic carbocycles. The second kappa shape index (κ2) is 5.91. The highest BCUT2D eigenvalue weighted by Gasteiger charge is 2.48. The second-order valence-corrected chi connectivity index (χ2v) is 10.8. The lowest BCUT2D eigenvalue weighted by Gasteiger charge is -2.36. The first kappa shape index (κ1) is 17.4. The molecule has 0 spiro atoms. The van der Waals surface area contributed by atoms with Crippen LogP contribution in [0, 0.1) is 0 Å². The van der Waals surface area contributed by atoms with Gasteiger partial charge in [-0.25, -0.2) is 0 Å². The molecule has 0 N–H and O–H groups in total. The van der Waals surface area contributed by atoms with Gasteiger partial charge in [-0.3, -0.25) is 0 Å². The predicted octanol–water partition coefficient (Wildman–Crippen LogP) is 6.50. The molecule has 0 unspecified atom stereocenters. The molecular weight excluding hydrogens is 427 g/mol. The molecule has 0 saturated heterocycles. The van der Waals surface area contributed by atoms with Crippen molar-refractivity contribution >= 4 is 56.2 Å². The molecule has 5 aromatic carbocycles. The Bertz CT molecular complexity index is 1530. The van der Waals surface area contributed by atoms with Gasteiger partial charge in [0.25, 0.3) is 0 Å². The summed E-state index contributed by atoms with van der Waals surface area (Å²) < 4.78 is 28.0. The Hall–Kier alpha value is -3.26. The maximum absolute atomic E-state index is 15.5. The van der Waals surface area contributed by atoms with Crippen LogP contribution in [0.25, 0.3) is 21.5 Å². The number of benzene rings is 5. The van der Waals surface area contributed by atoms with Crippen molar-refractivity contribution in [3.05, 3.63) is 90.0 Å². The van der Waals surface area contributed by atoms with Crippen molar-refractivity contribution in [2.45, 2.75) is 0 Å². The van der Waals surface area contributed by atoms with Gasteiger partial charge >= 0.3 is 0 Å². The monoisotopic (exact) mass is 440 g/mol. The van der Waals surface area contributed by atoms with E-state index in [1.807, 2.05) is 72.8 Å². The van der Waals surface area contributed by atoms with Gasteiger partial charge < -0.3 is 14.0 Å². The van der Waals surface area contributed by atoms with E-state index in [9.17, 15) is 0 Å². The molecule has 0 atom stereocenters. The van der Waals surface area contributed by atoms with Crippen LogP contribution in [0.3, 0.4) is 0 Å². The third-order valence-electron chi connectivity index (χ3n) is 6.12. The minimum atomic E-state index is -3.33. The zero-order valence-electron chi connectivity index (χ0n) is 16.1. The van der Waals surface area contributed by atoms with Crippen LogP contribution >= 0.6 is 18.7 Å². The zero-order valence-corrected chi connectivity index (χ0v) is 17.8. The highest BCUT2D eigenvalue weighted by Crippen LogP contribution is 2.60. The number of hydrogen-bond acceptors (Lipinski definition) is 3. The Morgan fingerprint density at radius 2 is 1.06 bits per heavy atom. The maximum Gasteiger partial charge on any atom is 0.186 e. The topological polar surface area (TPSA) is 35.5 Å². The first-order valence-electron chi connectivity index (χ1n) is 9.99. The number of fused-ring (bicyclic) bond motifs is 8. The second-order valence-electron chi connectivity index (χ2n) is 7.83. The molecule has 7 rings (SSSR count). The van der Waals surface area contributed by atoms with Gasteiger partial charge in [0.1, 0.15) is 28.3 Å². The molecule has 5 aromatic rings. The molecule has 0 radical (unpaired) electrons. The average molecular weight is 441 g/mol. The summed E-state index contributed by atoms with van der Waals surface area (Å²) in [5.74, 6) is 2.19. The van der Waals surface area contributed by atoms with E-state index in [0.717, 1.165) is 32.2 Å². The van der Waals surface area contributed by atoms with Crippen molar-refractivity contribution in [1.82, 2.24) is 0 Å². The van der Waals surface area contributed by atoms with Crippen molar-refractivity contribution in [3.8, 4) is 23.0 Å².